The van der Waals surface area contributed by atoms with Gasteiger partial charge in [0.05, 0.1) is 16.9 Å². The lowest BCUT2D eigenvalue weighted by Gasteiger charge is -2.26. The molecule has 4 aromatic rings. The molecule has 5 rings (SSSR count). The van der Waals surface area contributed by atoms with Gasteiger partial charge in [0.15, 0.2) is 17.5 Å². The molecule has 0 fully saturated rings. The fourth-order valence-corrected chi connectivity index (χ4v) is 3.74. The van der Waals surface area contributed by atoms with Crippen molar-refractivity contribution in [1.29, 1.82) is 0 Å². The monoisotopic (exact) mass is 473 g/mol. The molecule has 0 bridgehead atoms. The van der Waals surface area contributed by atoms with Crippen LogP contribution in [0, 0.1) is 11.6 Å². The van der Waals surface area contributed by atoms with E-state index in [1.807, 2.05) is 41.3 Å². The molecule has 3 heterocycles. The molecule has 5 N–H and O–H groups in total. The maximum atomic E-state index is 14.0. The fraction of sp³-hybridized carbons (Fsp3) is 0.0833. The predicted octanol–water partition coefficient (Wildman–Crippen LogP) is 3.46. The van der Waals surface area contributed by atoms with Gasteiger partial charge in [-0.15, -0.1) is 0 Å². The first-order valence-electron chi connectivity index (χ1n) is 10.7. The highest BCUT2D eigenvalue weighted by molar-refractivity contribution is 6.07. The van der Waals surface area contributed by atoms with Gasteiger partial charge < -0.3 is 10.2 Å². The molecule has 9 nitrogen and oxygen atoms in total. The number of nitrogens with zero attached hydrogens (tertiary/aromatic N) is 5. The van der Waals surface area contributed by atoms with Crippen molar-refractivity contribution >= 4 is 29.0 Å². The van der Waals surface area contributed by atoms with Crippen molar-refractivity contribution in [2.24, 2.45) is 10.8 Å². The van der Waals surface area contributed by atoms with Crippen LogP contribution in [-0.4, -0.2) is 20.8 Å². The number of hydrogen-bond donors (Lipinski definition) is 4. The topological polar surface area (TPSA) is 116 Å². The summed E-state index contributed by atoms with van der Waals surface area (Å²) in [6.45, 7) is 0.676. The Morgan fingerprint density at radius 2 is 1.83 bits per heavy atom. The van der Waals surface area contributed by atoms with E-state index in [0.717, 1.165) is 17.3 Å². The summed E-state index contributed by atoms with van der Waals surface area (Å²) in [4.78, 5) is 19.9. The van der Waals surface area contributed by atoms with Gasteiger partial charge in [0, 0.05) is 31.7 Å². The molecule has 176 valence electrons. The number of amidine groups is 1. The molecule has 0 atom stereocenters. The molecule has 0 radical (unpaired) electrons. The SMILES string of the molecule is NNNC1=Nc2ccccc2N(Cc2ccc(F)c(F)c2)c2nc(NCc3cccnc3)ncc21. The number of hydrazine groups is 2. The standard InChI is InChI=1S/C24H21F2N9/c25-18-8-7-15(10-19(18)26)14-35-21-6-2-1-5-20(21)31-22(33-34-27)17-13-30-24(32-23(17)35)29-12-16-4-3-9-28-11-16/h1-11,13,34H,12,14,27H2,(H,31,33)(H,29,30,32). The summed E-state index contributed by atoms with van der Waals surface area (Å²) in [5.74, 6) is 4.99. The van der Waals surface area contributed by atoms with Gasteiger partial charge in [-0.25, -0.2) is 18.8 Å². The van der Waals surface area contributed by atoms with Crippen LogP contribution in [0.1, 0.15) is 16.7 Å². The molecule has 2 aromatic heterocycles. The molecule has 11 heteroatoms. The number of fused-ring (bicyclic) bond motifs is 2. The average Bonchev–Trinajstić information content (AvgIpc) is 3.00. The first kappa shape index (κ1) is 22.3. The molecule has 0 spiro atoms. The second kappa shape index (κ2) is 9.79. The van der Waals surface area contributed by atoms with Crippen LogP contribution in [-0.2, 0) is 13.1 Å². The number of rotatable bonds is 6. The molecule has 0 saturated carbocycles. The van der Waals surface area contributed by atoms with Crippen LogP contribution in [0.15, 0.2) is 78.2 Å². The summed E-state index contributed by atoms with van der Waals surface area (Å²) in [5, 5.41) is 3.20. The van der Waals surface area contributed by atoms with E-state index in [0.29, 0.717) is 41.0 Å². The molecule has 2 aromatic carbocycles. The van der Waals surface area contributed by atoms with E-state index < -0.39 is 11.6 Å². The van der Waals surface area contributed by atoms with E-state index in [9.17, 15) is 8.78 Å². The van der Waals surface area contributed by atoms with Crippen molar-refractivity contribution in [3.05, 3.63) is 102 Å². The maximum absolute atomic E-state index is 14.0. The van der Waals surface area contributed by atoms with Crippen LogP contribution in [0.3, 0.4) is 0 Å². The predicted molar refractivity (Wildman–Crippen MR) is 129 cm³/mol. The summed E-state index contributed by atoms with van der Waals surface area (Å²) < 4.78 is 27.6. The molecule has 1 aliphatic heterocycles. The Morgan fingerprint density at radius 3 is 2.63 bits per heavy atom. The van der Waals surface area contributed by atoms with Gasteiger partial charge in [-0.05, 0) is 41.5 Å². The molecule has 0 aliphatic carbocycles. The number of halogens is 2. The lowest BCUT2D eigenvalue weighted by Crippen LogP contribution is -2.43. The summed E-state index contributed by atoms with van der Waals surface area (Å²) in [6.07, 6.45) is 5.08. The largest absolute Gasteiger partial charge is 0.350 e. The number of aliphatic imine (C=N–C) groups is 1. The van der Waals surface area contributed by atoms with Crippen LogP contribution >= 0.6 is 0 Å². The number of aromatic nitrogens is 3. The van der Waals surface area contributed by atoms with E-state index in [2.05, 4.69) is 26.2 Å². The zero-order valence-corrected chi connectivity index (χ0v) is 18.4. The smallest absolute Gasteiger partial charge is 0.224 e. The quantitative estimate of drug-likeness (QED) is 0.249. The Morgan fingerprint density at radius 1 is 0.943 bits per heavy atom. The average molecular weight is 473 g/mol. The third kappa shape index (κ3) is 4.76. The minimum absolute atomic E-state index is 0.207. The number of nitrogens with two attached hydrogens (primary N) is 1. The Hall–Kier alpha value is -4.48. The molecule has 1 aliphatic rings. The highest BCUT2D eigenvalue weighted by Crippen LogP contribution is 2.39. The van der Waals surface area contributed by atoms with Crippen LogP contribution in [0.5, 0.6) is 0 Å². The zero-order valence-electron chi connectivity index (χ0n) is 18.4. The Kier molecular flexibility index (Phi) is 6.24. The summed E-state index contributed by atoms with van der Waals surface area (Å²) in [6, 6.07) is 15.1. The lowest BCUT2D eigenvalue weighted by atomic mass is 10.1. The van der Waals surface area contributed by atoms with Crippen molar-refractivity contribution in [3.63, 3.8) is 0 Å². The molecular formula is C24H21F2N9. The van der Waals surface area contributed by atoms with Crippen LogP contribution in [0.25, 0.3) is 0 Å². The summed E-state index contributed by atoms with van der Waals surface area (Å²) >= 11 is 0. The number of nitrogens with one attached hydrogen (secondary N) is 3. The van der Waals surface area contributed by atoms with Crippen LogP contribution < -0.4 is 27.0 Å². The number of hydrogen-bond acceptors (Lipinski definition) is 9. The minimum atomic E-state index is -0.918. The van der Waals surface area contributed by atoms with Crippen LogP contribution in [0.2, 0.25) is 0 Å². The van der Waals surface area contributed by atoms with E-state index in [-0.39, 0.29) is 6.54 Å². The van der Waals surface area contributed by atoms with Gasteiger partial charge in [-0.1, -0.05) is 24.3 Å². The van der Waals surface area contributed by atoms with E-state index in [4.69, 9.17) is 15.8 Å². The van der Waals surface area contributed by atoms with Crippen molar-refractivity contribution in [1.82, 2.24) is 25.9 Å². The van der Waals surface area contributed by atoms with Gasteiger partial charge in [0.25, 0.3) is 0 Å². The Balaban J connectivity index is 1.59. The first-order chi connectivity index (χ1) is 17.1. The first-order valence-corrected chi connectivity index (χ1v) is 10.7. The van der Waals surface area contributed by atoms with Gasteiger partial charge in [0.1, 0.15) is 5.82 Å². The van der Waals surface area contributed by atoms with Gasteiger partial charge in [-0.3, -0.25) is 16.3 Å². The maximum Gasteiger partial charge on any atom is 0.224 e. The Bertz CT molecular complexity index is 1380. The third-order valence-electron chi connectivity index (χ3n) is 5.37. The second-order valence-corrected chi connectivity index (χ2v) is 7.70. The highest BCUT2D eigenvalue weighted by atomic mass is 19.2. The zero-order chi connectivity index (χ0) is 24.2. The van der Waals surface area contributed by atoms with Gasteiger partial charge in [0.2, 0.25) is 5.95 Å². The number of pyridine rings is 1. The van der Waals surface area contributed by atoms with Crippen LogP contribution in [0.4, 0.5) is 31.9 Å². The van der Waals surface area contributed by atoms with Crippen molar-refractivity contribution < 1.29 is 8.78 Å². The van der Waals surface area contributed by atoms with Crippen molar-refractivity contribution in [2.75, 3.05) is 10.2 Å². The van der Waals surface area contributed by atoms with Crippen molar-refractivity contribution in [3.8, 4) is 0 Å². The van der Waals surface area contributed by atoms with Gasteiger partial charge in [-0.2, -0.15) is 10.5 Å². The summed E-state index contributed by atoms with van der Waals surface area (Å²) in [5.41, 5.74) is 8.69. The normalized spacial score (nSPS) is 12.3. The molecule has 35 heavy (non-hydrogen) atoms. The highest BCUT2D eigenvalue weighted by Gasteiger charge is 2.26. The van der Waals surface area contributed by atoms with Crippen molar-refractivity contribution in [2.45, 2.75) is 13.1 Å². The van der Waals surface area contributed by atoms with E-state index >= 15 is 0 Å². The fourth-order valence-electron chi connectivity index (χ4n) is 3.74. The molecule has 0 amide bonds. The number of para-hydroxylation sites is 2. The molecular weight excluding hydrogens is 452 g/mol. The summed E-state index contributed by atoms with van der Waals surface area (Å²) in [7, 11) is 0. The second-order valence-electron chi connectivity index (χ2n) is 7.70. The number of anilines is 3. The Labute approximate surface area is 199 Å². The number of benzene rings is 2. The molecule has 0 saturated heterocycles. The van der Waals surface area contributed by atoms with E-state index in [1.54, 1.807) is 18.6 Å². The third-order valence-corrected chi connectivity index (χ3v) is 5.37. The molecule has 0 unspecified atom stereocenters. The minimum Gasteiger partial charge on any atom is -0.350 e. The lowest BCUT2D eigenvalue weighted by molar-refractivity contribution is 0.507. The van der Waals surface area contributed by atoms with Gasteiger partial charge >= 0.3 is 0 Å². The van der Waals surface area contributed by atoms with E-state index in [1.165, 1.54) is 12.1 Å².